The fourth-order valence-electron chi connectivity index (χ4n) is 6.24. The zero-order valence-electron chi connectivity index (χ0n) is 33.1. The second-order valence-electron chi connectivity index (χ2n) is 14.2. The molecule has 0 amide bonds. The maximum atomic E-state index is 14.8. The SMILES string of the molecule is CCCCCCCCCCCCOc1ccc(-c2ccc(C(=O)Oc3ccc(C(=O)Oc4ccc(C(=O)O[C@@H](C)CCCCCC)c(F)c4F)cc3)cc2)cc1. The molecular weight excluding hydrogens is 715 g/mol. The Morgan fingerprint density at radius 1 is 0.518 bits per heavy atom. The Labute approximate surface area is 330 Å². The summed E-state index contributed by atoms with van der Waals surface area (Å²) in [7, 11) is 0. The van der Waals surface area contributed by atoms with E-state index in [1.165, 1.54) is 82.1 Å². The molecule has 56 heavy (non-hydrogen) atoms. The van der Waals surface area contributed by atoms with Crippen molar-refractivity contribution >= 4 is 17.9 Å². The molecule has 0 spiro atoms. The Balaban J connectivity index is 1.20. The zero-order chi connectivity index (χ0) is 40.1. The highest BCUT2D eigenvalue weighted by atomic mass is 19.2. The first kappa shape index (κ1) is 43.7. The summed E-state index contributed by atoms with van der Waals surface area (Å²) in [5.41, 5.74) is 1.67. The average molecular weight is 771 g/mol. The van der Waals surface area contributed by atoms with E-state index >= 15 is 0 Å². The molecule has 4 aromatic rings. The average Bonchev–Trinajstić information content (AvgIpc) is 3.21. The minimum atomic E-state index is -1.49. The molecule has 7 nitrogen and oxygen atoms in total. The molecule has 0 aliphatic heterocycles. The van der Waals surface area contributed by atoms with Crippen molar-refractivity contribution in [3.63, 3.8) is 0 Å². The number of rotatable bonds is 24. The van der Waals surface area contributed by atoms with Crippen LogP contribution in [-0.4, -0.2) is 30.6 Å². The fraction of sp³-hybridized carbons (Fsp3) is 0.426. The summed E-state index contributed by atoms with van der Waals surface area (Å²) < 4.78 is 51.4. The predicted octanol–water partition coefficient (Wildman–Crippen LogP) is 12.9. The van der Waals surface area contributed by atoms with Gasteiger partial charge in [-0.1, -0.05) is 115 Å². The zero-order valence-corrected chi connectivity index (χ0v) is 33.1. The molecule has 300 valence electrons. The van der Waals surface area contributed by atoms with Crippen LogP contribution in [0.1, 0.15) is 148 Å². The molecule has 0 aliphatic rings. The third kappa shape index (κ3) is 14.2. The Morgan fingerprint density at radius 2 is 1.00 bits per heavy atom. The van der Waals surface area contributed by atoms with Crippen molar-refractivity contribution in [2.75, 3.05) is 6.61 Å². The van der Waals surface area contributed by atoms with Crippen LogP contribution < -0.4 is 14.2 Å². The van der Waals surface area contributed by atoms with Gasteiger partial charge in [0.25, 0.3) is 0 Å². The van der Waals surface area contributed by atoms with Crippen LogP contribution in [0.3, 0.4) is 0 Å². The highest BCUT2D eigenvalue weighted by molar-refractivity contribution is 5.93. The number of hydrogen-bond donors (Lipinski definition) is 0. The van der Waals surface area contributed by atoms with Crippen LogP contribution in [-0.2, 0) is 4.74 Å². The smallest absolute Gasteiger partial charge is 0.343 e. The lowest BCUT2D eigenvalue weighted by molar-refractivity contribution is 0.0312. The summed E-state index contributed by atoms with van der Waals surface area (Å²) in [6.45, 7) is 6.74. The maximum Gasteiger partial charge on any atom is 0.343 e. The topological polar surface area (TPSA) is 88.1 Å². The summed E-state index contributed by atoms with van der Waals surface area (Å²) in [5, 5.41) is 0. The van der Waals surface area contributed by atoms with Crippen LogP contribution in [0.2, 0.25) is 0 Å². The van der Waals surface area contributed by atoms with E-state index in [0.717, 1.165) is 61.1 Å². The van der Waals surface area contributed by atoms with Gasteiger partial charge in [-0.25, -0.2) is 18.8 Å². The van der Waals surface area contributed by atoms with Crippen LogP contribution in [0.4, 0.5) is 8.78 Å². The molecule has 0 unspecified atom stereocenters. The van der Waals surface area contributed by atoms with Gasteiger partial charge in [-0.15, -0.1) is 0 Å². The molecule has 0 saturated carbocycles. The molecule has 4 aromatic carbocycles. The standard InChI is InChI=1S/C47H56F2O7/c1-4-6-8-10-11-12-13-14-15-17-33-53-39-27-23-36(24-28-39)35-19-21-37(22-20-35)45(50)55-40-29-25-38(26-30-40)46(51)56-42-32-31-41(43(48)44(42)49)47(52)54-34(3)18-16-9-7-5-2/h19-32,34H,4-18,33H2,1-3H3/t34-/m0/s1. The molecule has 0 bridgehead atoms. The molecule has 1 atom stereocenters. The minimum absolute atomic E-state index is 0.00423. The first-order valence-corrected chi connectivity index (χ1v) is 20.3. The number of unbranched alkanes of at least 4 members (excludes halogenated alkanes) is 12. The first-order valence-electron chi connectivity index (χ1n) is 20.3. The summed E-state index contributed by atoms with van der Waals surface area (Å²) in [5.74, 6) is -5.19. The Kier molecular flexibility index (Phi) is 18.5. The number of carbonyl (C=O) groups excluding carboxylic acids is 3. The normalized spacial score (nSPS) is 11.5. The number of halogens is 2. The van der Waals surface area contributed by atoms with Crippen molar-refractivity contribution in [1.82, 2.24) is 0 Å². The predicted molar refractivity (Wildman–Crippen MR) is 216 cm³/mol. The van der Waals surface area contributed by atoms with E-state index in [4.69, 9.17) is 18.9 Å². The number of carbonyl (C=O) groups is 3. The van der Waals surface area contributed by atoms with E-state index in [1.54, 1.807) is 19.1 Å². The van der Waals surface area contributed by atoms with Gasteiger partial charge < -0.3 is 18.9 Å². The van der Waals surface area contributed by atoms with Gasteiger partial charge in [0.15, 0.2) is 11.6 Å². The largest absolute Gasteiger partial charge is 0.494 e. The Hall–Kier alpha value is -5.05. The second-order valence-corrected chi connectivity index (χ2v) is 14.2. The van der Waals surface area contributed by atoms with E-state index in [-0.39, 0.29) is 11.3 Å². The molecule has 0 N–H and O–H groups in total. The lowest BCUT2D eigenvalue weighted by Crippen LogP contribution is -2.17. The molecular formula is C47H56F2O7. The van der Waals surface area contributed by atoms with Crippen molar-refractivity contribution in [3.05, 3.63) is 113 Å². The summed E-state index contributed by atoms with van der Waals surface area (Å²) in [6.07, 6.45) is 17.0. The van der Waals surface area contributed by atoms with Crippen molar-refractivity contribution in [3.8, 4) is 28.4 Å². The molecule has 0 aliphatic carbocycles. The van der Waals surface area contributed by atoms with Gasteiger partial charge in [0, 0.05) is 0 Å². The van der Waals surface area contributed by atoms with Gasteiger partial charge in [0.05, 0.1) is 29.4 Å². The van der Waals surface area contributed by atoms with Gasteiger partial charge in [-0.2, -0.15) is 4.39 Å². The lowest BCUT2D eigenvalue weighted by Gasteiger charge is -2.14. The molecule has 9 heteroatoms. The number of esters is 3. The third-order valence-electron chi connectivity index (χ3n) is 9.62. The molecule has 0 radical (unpaired) electrons. The monoisotopic (exact) mass is 770 g/mol. The van der Waals surface area contributed by atoms with Gasteiger partial charge in [-0.3, -0.25) is 0 Å². The van der Waals surface area contributed by atoms with E-state index in [9.17, 15) is 23.2 Å². The Bertz CT molecular complexity index is 1800. The third-order valence-corrected chi connectivity index (χ3v) is 9.62. The van der Waals surface area contributed by atoms with Crippen LogP contribution in [0, 0.1) is 11.6 Å². The second kappa shape index (κ2) is 23.8. The molecule has 0 heterocycles. The van der Waals surface area contributed by atoms with E-state index in [1.807, 2.05) is 36.4 Å². The lowest BCUT2D eigenvalue weighted by atomic mass is 10.0. The summed E-state index contributed by atoms with van der Waals surface area (Å²) in [6, 6.07) is 22.4. The Morgan fingerprint density at radius 3 is 1.59 bits per heavy atom. The van der Waals surface area contributed by atoms with Crippen molar-refractivity contribution in [2.24, 2.45) is 0 Å². The maximum absolute atomic E-state index is 14.8. The fourth-order valence-corrected chi connectivity index (χ4v) is 6.24. The van der Waals surface area contributed by atoms with Gasteiger partial charge in [0.2, 0.25) is 5.82 Å². The van der Waals surface area contributed by atoms with Crippen LogP contribution in [0.5, 0.6) is 17.2 Å². The quantitative estimate of drug-likeness (QED) is 0.0398. The van der Waals surface area contributed by atoms with Crippen molar-refractivity contribution in [2.45, 2.75) is 123 Å². The number of ether oxygens (including phenoxy) is 4. The molecule has 0 saturated heterocycles. The van der Waals surface area contributed by atoms with Gasteiger partial charge >= 0.3 is 17.9 Å². The van der Waals surface area contributed by atoms with Gasteiger partial charge in [-0.05, 0) is 98.0 Å². The van der Waals surface area contributed by atoms with Gasteiger partial charge in [0.1, 0.15) is 11.5 Å². The van der Waals surface area contributed by atoms with E-state index in [2.05, 4.69) is 13.8 Å². The highest BCUT2D eigenvalue weighted by Gasteiger charge is 2.24. The molecule has 0 aromatic heterocycles. The van der Waals surface area contributed by atoms with Crippen LogP contribution in [0.25, 0.3) is 11.1 Å². The first-order chi connectivity index (χ1) is 27.2. The number of hydrogen-bond acceptors (Lipinski definition) is 7. The van der Waals surface area contributed by atoms with Crippen molar-refractivity contribution < 1.29 is 42.1 Å². The van der Waals surface area contributed by atoms with Crippen LogP contribution >= 0.6 is 0 Å². The van der Waals surface area contributed by atoms with Crippen LogP contribution in [0.15, 0.2) is 84.9 Å². The minimum Gasteiger partial charge on any atom is -0.494 e. The van der Waals surface area contributed by atoms with E-state index in [0.29, 0.717) is 18.6 Å². The van der Waals surface area contributed by atoms with E-state index < -0.39 is 47.0 Å². The molecule has 0 fully saturated rings. The highest BCUT2D eigenvalue weighted by Crippen LogP contribution is 2.27. The van der Waals surface area contributed by atoms with Crippen molar-refractivity contribution in [1.29, 1.82) is 0 Å². The number of benzene rings is 4. The molecule has 4 rings (SSSR count). The summed E-state index contributed by atoms with van der Waals surface area (Å²) in [4.78, 5) is 38.0. The summed E-state index contributed by atoms with van der Waals surface area (Å²) >= 11 is 0.